The topological polar surface area (TPSA) is 16.1 Å². The van der Waals surface area contributed by atoms with E-state index >= 15 is 0 Å². The molecule has 4 heteroatoms. The second kappa shape index (κ2) is 7.15. The Hall–Kier alpha value is -0.250. The highest BCUT2D eigenvalue weighted by molar-refractivity contribution is 7.98. The molecule has 2 nitrogen and oxygen atoms in total. The monoisotopic (exact) mass is 258 g/mol. The van der Waals surface area contributed by atoms with E-state index in [0.717, 1.165) is 12.2 Å². The summed E-state index contributed by atoms with van der Waals surface area (Å²) >= 11 is 7.75. The van der Waals surface area contributed by atoms with Gasteiger partial charge in [-0.25, -0.2) is 4.98 Å². The second-order valence-corrected chi connectivity index (χ2v) is 5.37. The molecule has 0 aliphatic carbocycles. The zero-order chi connectivity index (χ0) is 12.0. The van der Waals surface area contributed by atoms with Gasteiger partial charge >= 0.3 is 0 Å². The fourth-order valence-corrected chi connectivity index (χ4v) is 2.22. The molecular formula is C12H19ClN2S. The van der Waals surface area contributed by atoms with Crippen molar-refractivity contribution in [3.8, 4) is 0 Å². The van der Waals surface area contributed by atoms with Crippen molar-refractivity contribution in [3.63, 3.8) is 0 Å². The van der Waals surface area contributed by atoms with E-state index in [4.69, 9.17) is 11.6 Å². The summed E-state index contributed by atoms with van der Waals surface area (Å²) in [5, 5.41) is 0.572. The predicted molar refractivity (Wildman–Crippen MR) is 73.2 cm³/mol. The predicted octanol–water partition coefficient (Wildman–Crippen LogP) is 3.31. The van der Waals surface area contributed by atoms with Crippen LogP contribution < -0.4 is 0 Å². The molecule has 0 saturated carbocycles. The Labute approximate surface area is 107 Å². The van der Waals surface area contributed by atoms with Crippen LogP contribution in [0.1, 0.15) is 19.0 Å². The molecule has 0 aliphatic rings. The third-order valence-corrected chi connectivity index (χ3v) is 3.53. The summed E-state index contributed by atoms with van der Waals surface area (Å²) in [4.78, 5) is 6.61. The van der Waals surface area contributed by atoms with Crippen LogP contribution in [-0.2, 0) is 6.54 Å². The molecular weight excluding hydrogens is 240 g/mol. The van der Waals surface area contributed by atoms with Crippen molar-refractivity contribution < 1.29 is 0 Å². The highest BCUT2D eigenvalue weighted by atomic mass is 35.5. The molecule has 0 amide bonds. The molecule has 0 spiro atoms. The van der Waals surface area contributed by atoms with E-state index in [1.807, 2.05) is 30.0 Å². The van der Waals surface area contributed by atoms with Crippen LogP contribution in [-0.4, -0.2) is 35.0 Å². The van der Waals surface area contributed by atoms with Gasteiger partial charge < -0.3 is 0 Å². The molecule has 1 unspecified atom stereocenters. The van der Waals surface area contributed by atoms with Crippen molar-refractivity contribution in [1.82, 2.24) is 9.88 Å². The van der Waals surface area contributed by atoms with Gasteiger partial charge in [-0.2, -0.15) is 11.8 Å². The summed E-state index contributed by atoms with van der Waals surface area (Å²) in [6, 6.07) is 6.35. The van der Waals surface area contributed by atoms with Crippen molar-refractivity contribution in [3.05, 3.63) is 29.0 Å². The molecule has 0 aliphatic heterocycles. The lowest BCUT2D eigenvalue weighted by atomic mass is 10.2. The van der Waals surface area contributed by atoms with Crippen LogP contribution in [0.15, 0.2) is 18.2 Å². The maximum atomic E-state index is 5.86. The number of hydrogen-bond acceptors (Lipinski definition) is 3. The highest BCUT2D eigenvalue weighted by Gasteiger charge is 2.09. The van der Waals surface area contributed by atoms with Crippen LogP contribution in [0, 0.1) is 0 Å². The van der Waals surface area contributed by atoms with E-state index in [9.17, 15) is 0 Å². The molecule has 0 radical (unpaired) electrons. The summed E-state index contributed by atoms with van der Waals surface area (Å²) in [5.74, 6) is 1.20. The largest absolute Gasteiger partial charge is 0.298 e. The van der Waals surface area contributed by atoms with Crippen molar-refractivity contribution in [2.24, 2.45) is 0 Å². The Morgan fingerprint density at radius 2 is 2.25 bits per heavy atom. The zero-order valence-corrected chi connectivity index (χ0v) is 11.7. The standard InChI is InChI=1S/C12H19ClN2S/c1-10(7-8-16-3)15(2)9-11-5-4-6-12(13)14-11/h4-6,10H,7-9H2,1-3H3. The Balaban J connectivity index is 2.47. The lowest BCUT2D eigenvalue weighted by Gasteiger charge is -2.24. The third-order valence-electron chi connectivity index (χ3n) is 2.68. The molecule has 0 N–H and O–H groups in total. The third kappa shape index (κ3) is 4.73. The minimum atomic E-state index is 0.572. The zero-order valence-electron chi connectivity index (χ0n) is 10.1. The molecule has 90 valence electrons. The SMILES string of the molecule is CSCCC(C)N(C)Cc1cccc(Cl)n1. The van der Waals surface area contributed by atoms with E-state index in [1.165, 1.54) is 12.2 Å². The second-order valence-electron chi connectivity index (χ2n) is 4.00. The summed E-state index contributed by atoms with van der Waals surface area (Å²) in [6.07, 6.45) is 3.35. The number of aromatic nitrogens is 1. The maximum Gasteiger partial charge on any atom is 0.129 e. The first kappa shape index (κ1) is 13.8. The number of halogens is 1. The van der Waals surface area contributed by atoms with Gasteiger partial charge in [-0.05, 0) is 44.5 Å². The van der Waals surface area contributed by atoms with Crippen molar-refractivity contribution in [2.75, 3.05) is 19.1 Å². The van der Waals surface area contributed by atoms with Crippen molar-refractivity contribution >= 4 is 23.4 Å². The van der Waals surface area contributed by atoms with E-state index in [1.54, 1.807) is 0 Å². The molecule has 1 heterocycles. The fourth-order valence-electron chi connectivity index (χ4n) is 1.46. The van der Waals surface area contributed by atoms with Crippen molar-refractivity contribution in [1.29, 1.82) is 0 Å². The van der Waals surface area contributed by atoms with Crippen molar-refractivity contribution in [2.45, 2.75) is 25.9 Å². The molecule has 0 bridgehead atoms. The van der Waals surface area contributed by atoms with Crippen LogP contribution in [0.2, 0.25) is 5.15 Å². The average Bonchev–Trinajstić information content (AvgIpc) is 2.25. The highest BCUT2D eigenvalue weighted by Crippen LogP contribution is 2.11. The van der Waals surface area contributed by atoms with Gasteiger partial charge in [-0.3, -0.25) is 4.90 Å². The van der Waals surface area contributed by atoms with Gasteiger partial charge in [0.2, 0.25) is 0 Å². The normalized spacial score (nSPS) is 13.1. The van der Waals surface area contributed by atoms with Gasteiger partial charge in [0.1, 0.15) is 5.15 Å². The van der Waals surface area contributed by atoms with Crippen LogP contribution in [0.4, 0.5) is 0 Å². The maximum absolute atomic E-state index is 5.86. The summed E-state index contributed by atoms with van der Waals surface area (Å²) in [7, 11) is 2.13. The van der Waals surface area contributed by atoms with Gasteiger partial charge in [-0.1, -0.05) is 17.7 Å². The van der Waals surface area contributed by atoms with Gasteiger partial charge in [0, 0.05) is 12.6 Å². The first-order valence-corrected chi connectivity index (χ1v) is 7.21. The van der Waals surface area contributed by atoms with Crippen LogP contribution >= 0.6 is 23.4 Å². The average molecular weight is 259 g/mol. The Morgan fingerprint density at radius 1 is 1.50 bits per heavy atom. The summed E-state index contributed by atoms with van der Waals surface area (Å²) in [6.45, 7) is 3.11. The Kier molecular flexibility index (Phi) is 6.17. The first-order chi connectivity index (χ1) is 7.63. The molecule has 1 rings (SSSR count). The summed E-state index contributed by atoms with van der Waals surface area (Å²) < 4.78 is 0. The van der Waals surface area contributed by atoms with Gasteiger partial charge in [0.15, 0.2) is 0 Å². The molecule has 0 aromatic carbocycles. The van der Waals surface area contributed by atoms with Crippen LogP contribution in [0.5, 0.6) is 0 Å². The minimum absolute atomic E-state index is 0.572. The number of thioether (sulfide) groups is 1. The van der Waals surface area contributed by atoms with Gasteiger partial charge in [0.25, 0.3) is 0 Å². The molecule has 0 saturated heterocycles. The van der Waals surface area contributed by atoms with E-state index < -0.39 is 0 Å². The molecule has 1 atom stereocenters. The lowest BCUT2D eigenvalue weighted by molar-refractivity contribution is 0.242. The molecule has 16 heavy (non-hydrogen) atoms. The van der Waals surface area contributed by atoms with E-state index in [0.29, 0.717) is 11.2 Å². The smallest absolute Gasteiger partial charge is 0.129 e. The van der Waals surface area contributed by atoms with E-state index in [2.05, 4.69) is 30.1 Å². The first-order valence-electron chi connectivity index (χ1n) is 5.44. The summed E-state index contributed by atoms with van der Waals surface area (Å²) in [5.41, 5.74) is 1.03. The van der Waals surface area contributed by atoms with Gasteiger partial charge in [-0.15, -0.1) is 0 Å². The quantitative estimate of drug-likeness (QED) is 0.729. The number of rotatable bonds is 6. The Bertz CT molecular complexity index is 320. The molecule has 1 aromatic rings. The minimum Gasteiger partial charge on any atom is -0.298 e. The number of nitrogens with zero attached hydrogens (tertiary/aromatic N) is 2. The molecule has 0 fully saturated rings. The number of hydrogen-bond donors (Lipinski definition) is 0. The fraction of sp³-hybridized carbons (Fsp3) is 0.583. The van der Waals surface area contributed by atoms with Gasteiger partial charge in [0.05, 0.1) is 5.69 Å². The Morgan fingerprint density at radius 3 is 2.88 bits per heavy atom. The molecule has 1 aromatic heterocycles. The lowest BCUT2D eigenvalue weighted by Crippen LogP contribution is -2.29. The van der Waals surface area contributed by atoms with Crippen LogP contribution in [0.3, 0.4) is 0 Å². The van der Waals surface area contributed by atoms with E-state index in [-0.39, 0.29) is 0 Å². The van der Waals surface area contributed by atoms with Crippen LogP contribution in [0.25, 0.3) is 0 Å². The number of pyridine rings is 1.